The number of nitrogens with zero attached hydrogens (tertiary/aromatic N) is 1. The number of benzene rings is 1. The van der Waals surface area contributed by atoms with Crippen LogP contribution >= 0.6 is 0 Å². The number of rotatable bonds is 6. The molecule has 18 heavy (non-hydrogen) atoms. The smallest absolute Gasteiger partial charge is 0.333 e. The number of nitro groups is 1. The molecule has 0 amide bonds. The Labute approximate surface area is 104 Å². The molecule has 7 heteroatoms. The highest BCUT2D eigenvalue weighted by atomic mass is 16.6. The van der Waals surface area contributed by atoms with Crippen molar-refractivity contribution >= 4 is 17.3 Å². The van der Waals surface area contributed by atoms with Crippen LogP contribution in [0.15, 0.2) is 18.2 Å². The standard InChI is InChI=1S/C11H14N2O5/c1-7(6-10(14)15)12-8-4-3-5-9(18-2)11(8)13(16)17/h3-5,7,12H,6H2,1-2H3,(H,14,15). The maximum atomic E-state index is 11.0. The van der Waals surface area contributed by atoms with Gasteiger partial charge in [-0.25, -0.2) is 0 Å². The predicted octanol–water partition coefficient (Wildman–Crippen LogP) is 1.88. The van der Waals surface area contributed by atoms with Crippen LogP contribution in [-0.2, 0) is 4.79 Å². The van der Waals surface area contributed by atoms with E-state index in [1.54, 1.807) is 13.0 Å². The first kappa shape index (κ1) is 13.8. The van der Waals surface area contributed by atoms with E-state index in [4.69, 9.17) is 9.84 Å². The molecule has 0 radical (unpaired) electrons. The summed E-state index contributed by atoms with van der Waals surface area (Å²) in [4.78, 5) is 21.0. The number of carbonyl (C=O) groups is 1. The monoisotopic (exact) mass is 254 g/mol. The van der Waals surface area contributed by atoms with E-state index in [0.717, 1.165) is 0 Å². The van der Waals surface area contributed by atoms with Gasteiger partial charge >= 0.3 is 11.7 Å². The molecule has 0 heterocycles. The molecule has 0 aliphatic heterocycles. The molecule has 0 aromatic heterocycles. The third-order valence-electron chi connectivity index (χ3n) is 2.28. The van der Waals surface area contributed by atoms with Crippen LogP contribution in [0.3, 0.4) is 0 Å². The van der Waals surface area contributed by atoms with Crippen molar-refractivity contribution in [1.29, 1.82) is 0 Å². The lowest BCUT2D eigenvalue weighted by molar-refractivity contribution is -0.384. The van der Waals surface area contributed by atoms with E-state index in [1.807, 2.05) is 0 Å². The Balaban J connectivity index is 3.01. The van der Waals surface area contributed by atoms with Crippen LogP contribution < -0.4 is 10.1 Å². The fourth-order valence-electron chi connectivity index (χ4n) is 1.57. The summed E-state index contributed by atoms with van der Waals surface area (Å²) < 4.78 is 4.91. The summed E-state index contributed by atoms with van der Waals surface area (Å²) >= 11 is 0. The molecule has 0 bridgehead atoms. The van der Waals surface area contributed by atoms with Gasteiger partial charge in [-0.3, -0.25) is 14.9 Å². The average molecular weight is 254 g/mol. The Kier molecular flexibility index (Phi) is 4.47. The number of para-hydroxylation sites is 1. The van der Waals surface area contributed by atoms with Crippen molar-refractivity contribution in [3.8, 4) is 5.75 Å². The number of hydrogen-bond donors (Lipinski definition) is 2. The number of methoxy groups -OCH3 is 1. The molecular formula is C11H14N2O5. The zero-order valence-electron chi connectivity index (χ0n) is 10.0. The van der Waals surface area contributed by atoms with E-state index in [0.29, 0.717) is 0 Å². The molecule has 0 saturated carbocycles. The largest absolute Gasteiger partial charge is 0.490 e. The van der Waals surface area contributed by atoms with E-state index >= 15 is 0 Å². The molecular weight excluding hydrogens is 240 g/mol. The van der Waals surface area contributed by atoms with Gasteiger partial charge < -0.3 is 15.2 Å². The zero-order chi connectivity index (χ0) is 13.7. The van der Waals surface area contributed by atoms with Crippen LogP contribution in [0.5, 0.6) is 5.75 Å². The Bertz CT molecular complexity index is 461. The minimum atomic E-state index is -0.972. The summed E-state index contributed by atoms with van der Waals surface area (Å²) in [6, 6.07) is 4.17. The van der Waals surface area contributed by atoms with Crippen molar-refractivity contribution in [1.82, 2.24) is 0 Å². The number of aliphatic carboxylic acids is 1. The van der Waals surface area contributed by atoms with Crippen molar-refractivity contribution in [2.45, 2.75) is 19.4 Å². The molecule has 1 aromatic rings. The fourth-order valence-corrected chi connectivity index (χ4v) is 1.57. The summed E-state index contributed by atoms with van der Waals surface area (Å²) in [5.74, 6) is -0.840. The molecule has 1 unspecified atom stereocenters. The fraction of sp³-hybridized carbons (Fsp3) is 0.364. The van der Waals surface area contributed by atoms with Gasteiger partial charge in [0, 0.05) is 6.04 Å². The van der Waals surface area contributed by atoms with Crippen molar-refractivity contribution in [2.24, 2.45) is 0 Å². The maximum absolute atomic E-state index is 11.0. The highest BCUT2D eigenvalue weighted by Gasteiger charge is 2.21. The second-order valence-corrected chi connectivity index (χ2v) is 3.76. The summed E-state index contributed by atoms with van der Waals surface area (Å²) in [7, 11) is 1.34. The molecule has 2 N–H and O–H groups in total. The molecule has 1 atom stereocenters. The lowest BCUT2D eigenvalue weighted by Gasteiger charge is -2.14. The maximum Gasteiger partial charge on any atom is 0.333 e. The summed E-state index contributed by atoms with van der Waals surface area (Å²) in [5, 5.41) is 22.4. The molecule has 98 valence electrons. The van der Waals surface area contributed by atoms with E-state index in [1.165, 1.54) is 19.2 Å². The van der Waals surface area contributed by atoms with Gasteiger partial charge in [0.25, 0.3) is 0 Å². The Morgan fingerprint density at radius 1 is 1.61 bits per heavy atom. The Morgan fingerprint density at radius 2 is 2.28 bits per heavy atom. The number of nitro benzene ring substituents is 1. The lowest BCUT2D eigenvalue weighted by Crippen LogP contribution is -2.20. The van der Waals surface area contributed by atoms with Gasteiger partial charge in [0.1, 0.15) is 5.69 Å². The SMILES string of the molecule is COc1cccc(NC(C)CC(=O)O)c1[N+](=O)[O-]. The molecule has 0 aliphatic carbocycles. The third-order valence-corrected chi connectivity index (χ3v) is 2.28. The summed E-state index contributed by atoms with van der Waals surface area (Å²) in [5.41, 5.74) is 0.0466. The summed E-state index contributed by atoms with van der Waals surface area (Å²) in [6.45, 7) is 1.64. The molecule has 0 saturated heterocycles. The second-order valence-electron chi connectivity index (χ2n) is 3.76. The minimum absolute atomic E-state index is 0.131. The van der Waals surface area contributed by atoms with Gasteiger partial charge in [-0.1, -0.05) is 6.07 Å². The van der Waals surface area contributed by atoms with E-state index in [2.05, 4.69) is 5.32 Å². The second kappa shape index (κ2) is 5.85. The van der Waals surface area contributed by atoms with E-state index < -0.39 is 16.9 Å². The van der Waals surface area contributed by atoms with E-state index in [9.17, 15) is 14.9 Å². The molecule has 0 aliphatic rings. The highest BCUT2D eigenvalue weighted by Crippen LogP contribution is 2.34. The number of hydrogen-bond acceptors (Lipinski definition) is 5. The number of anilines is 1. The highest BCUT2D eigenvalue weighted by molar-refractivity contribution is 5.71. The molecule has 0 spiro atoms. The number of nitrogens with one attached hydrogen (secondary N) is 1. The van der Waals surface area contributed by atoms with E-state index in [-0.39, 0.29) is 23.5 Å². The first-order valence-electron chi connectivity index (χ1n) is 5.25. The van der Waals surface area contributed by atoms with Crippen LogP contribution in [0.1, 0.15) is 13.3 Å². The van der Waals surface area contributed by atoms with Crippen molar-refractivity contribution in [3.63, 3.8) is 0 Å². The zero-order valence-corrected chi connectivity index (χ0v) is 10.0. The third kappa shape index (κ3) is 3.34. The molecule has 7 nitrogen and oxygen atoms in total. The van der Waals surface area contributed by atoms with Crippen molar-refractivity contribution in [2.75, 3.05) is 12.4 Å². The summed E-state index contributed by atoms with van der Waals surface area (Å²) in [6.07, 6.45) is -0.131. The van der Waals surface area contributed by atoms with Gasteiger partial charge in [-0.2, -0.15) is 0 Å². The lowest BCUT2D eigenvalue weighted by atomic mass is 10.2. The number of ether oxygens (including phenoxy) is 1. The minimum Gasteiger partial charge on any atom is -0.490 e. The normalized spacial score (nSPS) is 11.7. The topological polar surface area (TPSA) is 102 Å². The average Bonchev–Trinajstić information content (AvgIpc) is 2.26. The Hall–Kier alpha value is -2.31. The van der Waals surface area contributed by atoms with Crippen molar-refractivity contribution in [3.05, 3.63) is 28.3 Å². The van der Waals surface area contributed by atoms with Crippen LogP contribution in [0.4, 0.5) is 11.4 Å². The van der Waals surface area contributed by atoms with Crippen LogP contribution in [0, 0.1) is 10.1 Å². The quantitative estimate of drug-likeness (QED) is 0.593. The number of carboxylic acids is 1. The van der Waals surface area contributed by atoms with Gasteiger partial charge in [0.15, 0.2) is 5.75 Å². The van der Waals surface area contributed by atoms with Crippen molar-refractivity contribution < 1.29 is 19.6 Å². The van der Waals surface area contributed by atoms with Crippen LogP contribution in [0.2, 0.25) is 0 Å². The van der Waals surface area contributed by atoms with Gasteiger partial charge in [0.2, 0.25) is 0 Å². The van der Waals surface area contributed by atoms with Gasteiger partial charge in [0.05, 0.1) is 18.5 Å². The van der Waals surface area contributed by atoms with Crippen LogP contribution in [0.25, 0.3) is 0 Å². The van der Waals surface area contributed by atoms with Gasteiger partial charge in [-0.05, 0) is 19.1 Å². The van der Waals surface area contributed by atoms with Crippen LogP contribution in [-0.4, -0.2) is 29.2 Å². The molecule has 1 rings (SSSR count). The number of carboxylic acid groups (broad SMARTS) is 1. The first-order chi connectivity index (χ1) is 8.45. The Morgan fingerprint density at radius 3 is 2.78 bits per heavy atom. The predicted molar refractivity (Wildman–Crippen MR) is 65.0 cm³/mol. The molecule has 0 fully saturated rings. The van der Waals surface area contributed by atoms with Gasteiger partial charge in [-0.15, -0.1) is 0 Å². The first-order valence-corrected chi connectivity index (χ1v) is 5.25. The molecule has 1 aromatic carbocycles.